The number of amides is 1. The van der Waals surface area contributed by atoms with Crippen LogP contribution in [0.5, 0.6) is 0 Å². The topological polar surface area (TPSA) is 49.9 Å². The molecule has 0 radical (unpaired) electrons. The fraction of sp³-hybridized carbons (Fsp3) is 0.545. The number of likely N-dealkylation sites (tertiary alicyclic amines) is 1. The number of ether oxygens (including phenoxy) is 1. The summed E-state index contributed by atoms with van der Waals surface area (Å²) < 4.78 is 5.16. The van der Waals surface area contributed by atoms with Gasteiger partial charge >= 0.3 is 0 Å². The number of methoxy groups -OCH3 is 1. The van der Waals surface area contributed by atoms with Gasteiger partial charge in [0.2, 0.25) is 5.91 Å². The Bertz CT molecular complexity index is 705. The van der Waals surface area contributed by atoms with E-state index in [0.29, 0.717) is 18.8 Å². The fourth-order valence-electron chi connectivity index (χ4n) is 4.17. The first-order chi connectivity index (χ1) is 13.0. The zero-order valence-corrected chi connectivity index (χ0v) is 16.6. The lowest BCUT2D eigenvalue weighted by Crippen LogP contribution is -2.50. The molecule has 5 heteroatoms. The monoisotopic (exact) mass is 370 g/mol. The summed E-state index contributed by atoms with van der Waals surface area (Å²) in [5, 5.41) is 0. The van der Waals surface area contributed by atoms with Gasteiger partial charge in [-0.1, -0.05) is 36.2 Å². The van der Waals surface area contributed by atoms with Crippen molar-refractivity contribution in [2.75, 3.05) is 33.4 Å². The van der Waals surface area contributed by atoms with Gasteiger partial charge < -0.3 is 9.64 Å². The minimum Gasteiger partial charge on any atom is -0.383 e. The lowest BCUT2D eigenvalue weighted by Gasteiger charge is -2.41. The normalized spacial score (nSPS) is 22.7. The van der Waals surface area contributed by atoms with Gasteiger partial charge in [0, 0.05) is 25.4 Å². The number of piperidine rings is 1. The maximum Gasteiger partial charge on any atom is 0.239 e. The summed E-state index contributed by atoms with van der Waals surface area (Å²) >= 11 is 0. The van der Waals surface area contributed by atoms with Crippen LogP contribution in [0, 0.1) is 12.8 Å². The van der Waals surface area contributed by atoms with Crippen LogP contribution in [0.2, 0.25) is 0 Å². The average Bonchev–Trinajstić information content (AvgIpc) is 2.66. The molecule has 2 atom stereocenters. The van der Waals surface area contributed by atoms with Crippen molar-refractivity contribution >= 4 is 11.7 Å². The highest BCUT2D eigenvalue weighted by Gasteiger charge is 2.43. The molecule has 0 N–H and O–H groups in total. The molecule has 1 amide bonds. The van der Waals surface area contributed by atoms with Crippen LogP contribution in [0.3, 0.4) is 0 Å². The molecule has 2 aliphatic heterocycles. The third-order valence-corrected chi connectivity index (χ3v) is 5.65. The van der Waals surface area contributed by atoms with Gasteiger partial charge in [-0.05, 0) is 45.3 Å². The van der Waals surface area contributed by atoms with Gasteiger partial charge in [0.05, 0.1) is 12.6 Å². The third-order valence-electron chi connectivity index (χ3n) is 5.65. The molecule has 0 aliphatic carbocycles. The van der Waals surface area contributed by atoms with Crippen LogP contribution in [0.4, 0.5) is 0 Å². The SMILES string of the molecule is COCCN1C(=O)C(C(c2ccc(C)cc2)N2CCCCC2)C(=O)C=C1C. The summed E-state index contributed by atoms with van der Waals surface area (Å²) in [6, 6.07) is 8.06. The highest BCUT2D eigenvalue weighted by atomic mass is 16.5. The van der Waals surface area contributed by atoms with E-state index in [4.69, 9.17) is 4.74 Å². The second-order valence-electron chi connectivity index (χ2n) is 7.60. The summed E-state index contributed by atoms with van der Waals surface area (Å²) in [5.41, 5.74) is 2.93. The van der Waals surface area contributed by atoms with Crippen LogP contribution < -0.4 is 0 Å². The van der Waals surface area contributed by atoms with Crippen molar-refractivity contribution in [3.63, 3.8) is 0 Å². The number of aryl methyl sites for hydroxylation is 1. The molecule has 2 heterocycles. The Balaban J connectivity index is 1.98. The molecule has 1 aromatic rings. The highest BCUT2D eigenvalue weighted by Crippen LogP contribution is 2.36. The van der Waals surface area contributed by atoms with Crippen LogP contribution in [-0.4, -0.2) is 54.8 Å². The Morgan fingerprint density at radius 1 is 1.07 bits per heavy atom. The van der Waals surface area contributed by atoms with E-state index in [-0.39, 0.29) is 17.7 Å². The van der Waals surface area contributed by atoms with E-state index in [1.807, 2.05) is 6.92 Å². The molecular formula is C22H30N2O3. The van der Waals surface area contributed by atoms with Crippen molar-refractivity contribution in [2.24, 2.45) is 5.92 Å². The molecule has 0 aromatic heterocycles. The Morgan fingerprint density at radius 2 is 1.74 bits per heavy atom. The van der Waals surface area contributed by atoms with Gasteiger partial charge in [0.15, 0.2) is 5.78 Å². The lowest BCUT2D eigenvalue weighted by molar-refractivity contribution is -0.143. The van der Waals surface area contributed by atoms with E-state index in [2.05, 4.69) is 36.1 Å². The van der Waals surface area contributed by atoms with Crippen molar-refractivity contribution < 1.29 is 14.3 Å². The molecule has 0 bridgehead atoms. The Morgan fingerprint density at radius 3 is 2.37 bits per heavy atom. The maximum absolute atomic E-state index is 13.4. The van der Waals surface area contributed by atoms with Crippen molar-refractivity contribution in [1.82, 2.24) is 9.80 Å². The second-order valence-corrected chi connectivity index (χ2v) is 7.60. The van der Waals surface area contributed by atoms with Crippen LogP contribution in [-0.2, 0) is 14.3 Å². The van der Waals surface area contributed by atoms with E-state index in [1.165, 1.54) is 12.0 Å². The number of carbonyl (C=O) groups excluding carboxylic acids is 2. The zero-order valence-electron chi connectivity index (χ0n) is 16.6. The van der Waals surface area contributed by atoms with Crippen molar-refractivity contribution in [3.05, 3.63) is 47.2 Å². The minimum atomic E-state index is -0.689. The number of ketones is 1. The van der Waals surface area contributed by atoms with E-state index >= 15 is 0 Å². The molecule has 1 aromatic carbocycles. The maximum atomic E-state index is 13.4. The molecule has 0 spiro atoms. The fourth-order valence-corrected chi connectivity index (χ4v) is 4.17. The van der Waals surface area contributed by atoms with Gasteiger partial charge in [-0.25, -0.2) is 0 Å². The Labute approximate surface area is 162 Å². The number of carbonyl (C=O) groups is 2. The van der Waals surface area contributed by atoms with Gasteiger partial charge in [-0.3, -0.25) is 14.5 Å². The van der Waals surface area contributed by atoms with Gasteiger partial charge in [-0.2, -0.15) is 0 Å². The highest BCUT2D eigenvalue weighted by molar-refractivity contribution is 6.10. The number of benzene rings is 1. The largest absolute Gasteiger partial charge is 0.383 e. The summed E-state index contributed by atoms with van der Waals surface area (Å²) in [5.74, 6) is -0.873. The molecular weight excluding hydrogens is 340 g/mol. The predicted octanol–water partition coefficient (Wildman–Crippen LogP) is 3.10. The Kier molecular flexibility index (Phi) is 6.45. The molecule has 5 nitrogen and oxygen atoms in total. The first-order valence-corrected chi connectivity index (χ1v) is 9.86. The Hall–Kier alpha value is -1.98. The van der Waals surface area contributed by atoms with Gasteiger partial charge in [-0.15, -0.1) is 0 Å². The van der Waals surface area contributed by atoms with Crippen LogP contribution in [0.15, 0.2) is 36.0 Å². The van der Waals surface area contributed by atoms with Crippen molar-refractivity contribution in [2.45, 2.75) is 39.2 Å². The number of allylic oxidation sites excluding steroid dienone is 2. The van der Waals surface area contributed by atoms with Crippen molar-refractivity contribution in [1.29, 1.82) is 0 Å². The zero-order chi connectivity index (χ0) is 19.4. The molecule has 146 valence electrons. The molecule has 1 saturated heterocycles. The van der Waals surface area contributed by atoms with E-state index in [1.54, 1.807) is 18.1 Å². The predicted molar refractivity (Wildman–Crippen MR) is 105 cm³/mol. The standard InChI is InChI=1S/C22H30N2O3/c1-16-7-9-18(10-8-16)21(23-11-5-4-6-12-23)20-19(25)15-17(2)24(22(20)26)13-14-27-3/h7-10,15,20-21H,4-6,11-14H2,1-3H3. The van der Waals surface area contributed by atoms with Gasteiger partial charge in [0.25, 0.3) is 0 Å². The average molecular weight is 370 g/mol. The first kappa shape index (κ1) is 19.8. The third kappa shape index (κ3) is 4.30. The second kappa shape index (κ2) is 8.81. The van der Waals surface area contributed by atoms with Gasteiger partial charge in [0.1, 0.15) is 5.92 Å². The molecule has 3 rings (SSSR count). The lowest BCUT2D eigenvalue weighted by atomic mass is 9.83. The molecule has 27 heavy (non-hydrogen) atoms. The summed E-state index contributed by atoms with van der Waals surface area (Å²) in [6.07, 6.45) is 5.06. The minimum absolute atomic E-state index is 0.0812. The van der Waals surface area contributed by atoms with E-state index < -0.39 is 5.92 Å². The molecule has 1 fully saturated rings. The van der Waals surface area contributed by atoms with Crippen molar-refractivity contribution in [3.8, 4) is 0 Å². The van der Waals surface area contributed by atoms with Crippen LogP contribution in [0.25, 0.3) is 0 Å². The summed E-state index contributed by atoms with van der Waals surface area (Å²) in [7, 11) is 1.62. The van der Waals surface area contributed by atoms with Crippen LogP contribution >= 0.6 is 0 Å². The number of hydrogen-bond acceptors (Lipinski definition) is 4. The smallest absolute Gasteiger partial charge is 0.239 e. The summed E-state index contributed by atoms with van der Waals surface area (Å²) in [6.45, 7) is 6.66. The number of hydrogen-bond donors (Lipinski definition) is 0. The summed E-state index contributed by atoms with van der Waals surface area (Å²) in [4.78, 5) is 30.4. The molecule has 0 saturated carbocycles. The quantitative estimate of drug-likeness (QED) is 0.722. The molecule has 2 unspecified atom stereocenters. The number of rotatable bonds is 6. The number of nitrogens with zero attached hydrogens (tertiary/aromatic N) is 2. The molecule has 2 aliphatic rings. The first-order valence-electron chi connectivity index (χ1n) is 9.86. The van der Waals surface area contributed by atoms with E-state index in [9.17, 15) is 9.59 Å². The van der Waals surface area contributed by atoms with Crippen LogP contribution in [0.1, 0.15) is 43.4 Å². The van der Waals surface area contributed by atoms with E-state index in [0.717, 1.165) is 31.5 Å².